The molecule has 12 heavy (non-hydrogen) atoms. The number of hydrogen-bond acceptors (Lipinski definition) is 2. The molecule has 0 spiro atoms. The van der Waals surface area contributed by atoms with Crippen LogP contribution in [0.15, 0.2) is 0 Å². The summed E-state index contributed by atoms with van der Waals surface area (Å²) in [6, 6.07) is 0. The van der Waals surface area contributed by atoms with Crippen LogP contribution in [-0.4, -0.2) is 23.9 Å². The molecule has 2 nitrogen and oxygen atoms in total. The lowest BCUT2D eigenvalue weighted by Gasteiger charge is -2.15. The SMILES string of the molecule is CCC(OCC(F)(F)F)C(N)=S. The summed E-state index contributed by atoms with van der Waals surface area (Å²) in [6.07, 6.45) is -4.74. The Labute approximate surface area is 73.9 Å². The molecule has 0 saturated carbocycles. The van der Waals surface area contributed by atoms with Gasteiger partial charge in [0, 0.05) is 0 Å². The minimum Gasteiger partial charge on any atom is -0.391 e. The number of thiocarbonyl (C=S) groups is 1. The van der Waals surface area contributed by atoms with Crippen LogP contribution in [0.3, 0.4) is 0 Å². The first-order valence-electron chi connectivity index (χ1n) is 3.34. The Hall–Kier alpha value is -0.360. The fraction of sp³-hybridized carbons (Fsp3) is 0.833. The lowest BCUT2D eigenvalue weighted by atomic mass is 10.3. The van der Waals surface area contributed by atoms with Crippen molar-refractivity contribution < 1.29 is 17.9 Å². The smallest absolute Gasteiger partial charge is 0.391 e. The van der Waals surface area contributed by atoms with E-state index in [1.54, 1.807) is 6.92 Å². The molecule has 1 atom stereocenters. The van der Waals surface area contributed by atoms with Gasteiger partial charge < -0.3 is 10.5 Å². The summed E-state index contributed by atoms with van der Waals surface area (Å²) in [4.78, 5) is -0.0400. The van der Waals surface area contributed by atoms with Gasteiger partial charge in [-0.2, -0.15) is 13.2 Å². The van der Waals surface area contributed by atoms with E-state index in [0.29, 0.717) is 6.42 Å². The van der Waals surface area contributed by atoms with Crippen LogP contribution < -0.4 is 5.73 Å². The molecule has 2 N–H and O–H groups in total. The van der Waals surface area contributed by atoms with Crippen LogP contribution in [0.25, 0.3) is 0 Å². The van der Waals surface area contributed by atoms with E-state index in [-0.39, 0.29) is 4.99 Å². The molecule has 0 aromatic carbocycles. The highest BCUT2D eigenvalue weighted by molar-refractivity contribution is 7.80. The van der Waals surface area contributed by atoms with Gasteiger partial charge in [0.05, 0.1) is 0 Å². The largest absolute Gasteiger partial charge is 0.411 e. The quantitative estimate of drug-likeness (QED) is 0.702. The van der Waals surface area contributed by atoms with Crippen molar-refractivity contribution >= 4 is 17.2 Å². The second-order valence-corrected chi connectivity index (χ2v) is 2.70. The Bertz CT molecular complexity index is 159. The maximum absolute atomic E-state index is 11.6. The number of alkyl halides is 3. The zero-order valence-electron chi connectivity index (χ0n) is 6.52. The van der Waals surface area contributed by atoms with E-state index in [9.17, 15) is 13.2 Å². The monoisotopic (exact) mass is 201 g/mol. The van der Waals surface area contributed by atoms with Gasteiger partial charge in [0.2, 0.25) is 0 Å². The second kappa shape index (κ2) is 4.61. The first-order chi connectivity index (χ1) is 5.37. The van der Waals surface area contributed by atoms with Crippen LogP contribution in [0.5, 0.6) is 0 Å². The van der Waals surface area contributed by atoms with Gasteiger partial charge in [0.15, 0.2) is 0 Å². The van der Waals surface area contributed by atoms with Crippen LogP contribution in [0.4, 0.5) is 13.2 Å². The second-order valence-electron chi connectivity index (χ2n) is 2.23. The molecule has 0 aromatic rings. The normalized spacial score (nSPS) is 14.3. The molecular formula is C6H10F3NOS. The van der Waals surface area contributed by atoms with E-state index < -0.39 is 18.9 Å². The lowest BCUT2D eigenvalue weighted by Crippen LogP contribution is -2.32. The highest BCUT2D eigenvalue weighted by Crippen LogP contribution is 2.16. The predicted molar refractivity (Wildman–Crippen MR) is 42.9 cm³/mol. The first-order valence-corrected chi connectivity index (χ1v) is 3.75. The summed E-state index contributed by atoms with van der Waals surface area (Å²) < 4.78 is 39.2. The van der Waals surface area contributed by atoms with E-state index >= 15 is 0 Å². The third kappa shape index (κ3) is 5.31. The zero-order valence-corrected chi connectivity index (χ0v) is 7.34. The highest BCUT2D eigenvalue weighted by atomic mass is 32.1. The summed E-state index contributed by atoms with van der Waals surface area (Å²) >= 11 is 4.49. The Morgan fingerprint density at radius 2 is 2.08 bits per heavy atom. The van der Waals surface area contributed by atoms with Crippen LogP contribution in [0.2, 0.25) is 0 Å². The molecule has 0 aliphatic rings. The van der Waals surface area contributed by atoms with Crippen LogP contribution in [0, 0.1) is 0 Å². The van der Waals surface area contributed by atoms with E-state index in [2.05, 4.69) is 17.0 Å². The molecule has 0 amide bonds. The van der Waals surface area contributed by atoms with Gasteiger partial charge in [-0.15, -0.1) is 0 Å². The molecule has 0 radical (unpaired) electrons. The summed E-state index contributed by atoms with van der Waals surface area (Å²) in [5, 5.41) is 0. The maximum Gasteiger partial charge on any atom is 0.411 e. The van der Waals surface area contributed by atoms with Crippen molar-refractivity contribution in [2.75, 3.05) is 6.61 Å². The summed E-state index contributed by atoms with van der Waals surface area (Å²) in [5.41, 5.74) is 5.12. The Kier molecular flexibility index (Phi) is 4.47. The van der Waals surface area contributed by atoms with Crippen molar-refractivity contribution in [3.8, 4) is 0 Å². The first kappa shape index (κ1) is 11.6. The topological polar surface area (TPSA) is 35.2 Å². The van der Waals surface area contributed by atoms with Gasteiger partial charge in [0.1, 0.15) is 17.7 Å². The molecule has 0 aromatic heterocycles. The van der Waals surface area contributed by atoms with E-state index in [1.807, 2.05) is 0 Å². The van der Waals surface area contributed by atoms with Crippen LogP contribution >= 0.6 is 12.2 Å². The minimum absolute atomic E-state index is 0.0400. The lowest BCUT2D eigenvalue weighted by molar-refractivity contribution is -0.179. The molecule has 0 aliphatic heterocycles. The number of rotatable bonds is 4. The molecule has 72 valence electrons. The molecule has 6 heteroatoms. The molecule has 0 saturated heterocycles. The molecule has 0 aliphatic carbocycles. The van der Waals surface area contributed by atoms with Crippen molar-refractivity contribution in [2.24, 2.45) is 5.73 Å². The average molecular weight is 201 g/mol. The van der Waals surface area contributed by atoms with Crippen LogP contribution in [0.1, 0.15) is 13.3 Å². The highest BCUT2D eigenvalue weighted by Gasteiger charge is 2.29. The van der Waals surface area contributed by atoms with Crippen LogP contribution in [-0.2, 0) is 4.74 Å². The maximum atomic E-state index is 11.6. The standard InChI is InChI=1S/C6H10F3NOS/c1-2-4(5(10)12)11-3-6(7,8)9/h4H,2-3H2,1H3,(H2,10,12). The molecule has 1 unspecified atom stereocenters. The number of halogens is 3. The van der Waals surface area contributed by atoms with E-state index in [0.717, 1.165) is 0 Å². The molecule has 0 heterocycles. The summed E-state index contributed by atoms with van der Waals surface area (Å²) in [7, 11) is 0. The predicted octanol–water partition coefficient (Wildman–Crippen LogP) is 1.63. The van der Waals surface area contributed by atoms with E-state index in [4.69, 9.17) is 5.73 Å². The minimum atomic E-state index is -4.32. The van der Waals surface area contributed by atoms with Gasteiger partial charge >= 0.3 is 6.18 Å². The fourth-order valence-corrected chi connectivity index (χ4v) is 0.831. The summed E-state index contributed by atoms with van der Waals surface area (Å²) in [6.45, 7) is 0.350. The van der Waals surface area contributed by atoms with Crippen molar-refractivity contribution in [1.82, 2.24) is 0 Å². The van der Waals surface area contributed by atoms with Gasteiger partial charge in [-0.3, -0.25) is 0 Å². The van der Waals surface area contributed by atoms with Crippen molar-refractivity contribution in [1.29, 1.82) is 0 Å². The number of nitrogens with two attached hydrogens (primary N) is 1. The Morgan fingerprint density at radius 3 is 2.33 bits per heavy atom. The molecular weight excluding hydrogens is 191 g/mol. The van der Waals surface area contributed by atoms with E-state index in [1.165, 1.54) is 0 Å². The fourth-order valence-electron chi connectivity index (χ4n) is 0.596. The Morgan fingerprint density at radius 1 is 1.58 bits per heavy atom. The van der Waals surface area contributed by atoms with Gasteiger partial charge in [-0.05, 0) is 6.42 Å². The molecule has 0 bridgehead atoms. The number of ether oxygens (including phenoxy) is 1. The van der Waals surface area contributed by atoms with Gasteiger partial charge in [-0.1, -0.05) is 19.1 Å². The molecule has 0 rings (SSSR count). The Balaban J connectivity index is 3.81. The molecule has 0 fully saturated rings. The van der Waals surface area contributed by atoms with Crippen molar-refractivity contribution in [3.05, 3.63) is 0 Å². The third-order valence-electron chi connectivity index (χ3n) is 1.14. The zero-order chi connectivity index (χ0) is 9.78. The van der Waals surface area contributed by atoms with Crippen molar-refractivity contribution in [3.63, 3.8) is 0 Å². The number of hydrogen-bond donors (Lipinski definition) is 1. The van der Waals surface area contributed by atoms with Crippen molar-refractivity contribution in [2.45, 2.75) is 25.6 Å². The third-order valence-corrected chi connectivity index (χ3v) is 1.40. The van der Waals surface area contributed by atoms with Gasteiger partial charge in [0.25, 0.3) is 0 Å². The van der Waals surface area contributed by atoms with Gasteiger partial charge in [-0.25, -0.2) is 0 Å². The average Bonchev–Trinajstić information content (AvgIpc) is 1.85. The summed E-state index contributed by atoms with van der Waals surface area (Å²) in [5.74, 6) is 0.